The summed E-state index contributed by atoms with van der Waals surface area (Å²) < 4.78 is 12.5. The van der Waals surface area contributed by atoms with E-state index in [2.05, 4.69) is 37.9 Å². The summed E-state index contributed by atoms with van der Waals surface area (Å²) >= 11 is 1.53. The maximum atomic E-state index is 12.9. The topological polar surface area (TPSA) is 51.7 Å². The molecule has 1 saturated heterocycles. The number of benzene rings is 2. The van der Waals surface area contributed by atoms with Crippen LogP contribution in [0.25, 0.3) is 10.2 Å². The van der Waals surface area contributed by atoms with E-state index in [0.717, 1.165) is 34.4 Å². The quantitative estimate of drug-likeness (QED) is 0.571. The van der Waals surface area contributed by atoms with Gasteiger partial charge in [0.1, 0.15) is 11.9 Å². The number of likely N-dealkylation sites (tertiary alicyclic amines) is 1. The van der Waals surface area contributed by atoms with Gasteiger partial charge in [-0.2, -0.15) is 0 Å². The molecule has 5 nitrogen and oxygen atoms in total. The molecular weight excluding hydrogens is 396 g/mol. The number of rotatable bonds is 4. The SMILES string of the molecule is COc1ccc2nc(OC3CCN(C(=O)c4ccc(C(C)(C)C)cc4)CC3)sc2c1. The van der Waals surface area contributed by atoms with Crippen LogP contribution in [0.4, 0.5) is 0 Å². The largest absolute Gasteiger partial charge is 0.497 e. The van der Waals surface area contributed by atoms with Crippen LogP contribution in [0.2, 0.25) is 0 Å². The van der Waals surface area contributed by atoms with E-state index in [4.69, 9.17) is 9.47 Å². The normalized spacial score (nSPS) is 15.4. The molecule has 1 aromatic heterocycles. The highest BCUT2D eigenvalue weighted by Crippen LogP contribution is 2.32. The van der Waals surface area contributed by atoms with E-state index in [0.29, 0.717) is 18.3 Å². The highest BCUT2D eigenvalue weighted by Gasteiger charge is 2.26. The number of carbonyl (C=O) groups is 1. The summed E-state index contributed by atoms with van der Waals surface area (Å²) in [4.78, 5) is 19.4. The Balaban J connectivity index is 1.35. The number of carbonyl (C=O) groups excluding carboxylic acids is 1. The van der Waals surface area contributed by atoms with E-state index in [1.54, 1.807) is 7.11 Å². The highest BCUT2D eigenvalue weighted by atomic mass is 32.1. The second kappa shape index (κ2) is 8.26. The lowest BCUT2D eigenvalue weighted by molar-refractivity contribution is 0.0595. The van der Waals surface area contributed by atoms with Crippen molar-refractivity contribution in [3.05, 3.63) is 53.6 Å². The van der Waals surface area contributed by atoms with E-state index in [1.807, 2.05) is 35.2 Å². The van der Waals surface area contributed by atoms with Crippen molar-refractivity contribution in [2.24, 2.45) is 0 Å². The number of amides is 1. The summed E-state index contributed by atoms with van der Waals surface area (Å²) in [5.74, 6) is 0.918. The molecule has 0 saturated carbocycles. The van der Waals surface area contributed by atoms with Crippen molar-refractivity contribution in [1.29, 1.82) is 0 Å². The van der Waals surface area contributed by atoms with Gasteiger partial charge in [-0.25, -0.2) is 4.98 Å². The molecule has 0 radical (unpaired) electrons. The molecule has 0 unspecified atom stereocenters. The molecule has 1 aliphatic rings. The summed E-state index contributed by atoms with van der Waals surface area (Å²) in [7, 11) is 1.66. The fourth-order valence-corrected chi connectivity index (χ4v) is 4.59. The molecule has 1 amide bonds. The molecule has 0 N–H and O–H groups in total. The Morgan fingerprint density at radius 3 is 2.43 bits per heavy atom. The molecule has 0 bridgehead atoms. The fourth-order valence-electron chi connectivity index (χ4n) is 3.68. The molecule has 2 heterocycles. The van der Waals surface area contributed by atoms with Crippen molar-refractivity contribution < 1.29 is 14.3 Å². The lowest BCUT2D eigenvalue weighted by Gasteiger charge is -2.31. The Morgan fingerprint density at radius 1 is 1.10 bits per heavy atom. The molecule has 0 atom stereocenters. The number of ether oxygens (including phenoxy) is 2. The van der Waals surface area contributed by atoms with Gasteiger partial charge in [-0.15, -0.1) is 0 Å². The van der Waals surface area contributed by atoms with Crippen LogP contribution in [-0.4, -0.2) is 42.1 Å². The van der Waals surface area contributed by atoms with Gasteiger partial charge in [0.25, 0.3) is 11.1 Å². The fraction of sp³-hybridized carbons (Fsp3) is 0.417. The maximum absolute atomic E-state index is 12.9. The summed E-state index contributed by atoms with van der Waals surface area (Å²) in [5.41, 5.74) is 2.99. The molecule has 2 aromatic carbocycles. The van der Waals surface area contributed by atoms with Crippen LogP contribution in [0, 0.1) is 0 Å². The van der Waals surface area contributed by atoms with Crippen LogP contribution in [0.1, 0.15) is 49.5 Å². The van der Waals surface area contributed by atoms with Gasteiger partial charge in [0.2, 0.25) is 0 Å². The van der Waals surface area contributed by atoms with Crippen molar-refractivity contribution in [3.8, 4) is 10.9 Å². The average Bonchev–Trinajstić information content (AvgIpc) is 3.14. The van der Waals surface area contributed by atoms with Gasteiger partial charge in [0.15, 0.2) is 0 Å². The second-order valence-electron chi connectivity index (χ2n) is 8.75. The van der Waals surface area contributed by atoms with Crippen molar-refractivity contribution >= 4 is 27.5 Å². The first-order valence-electron chi connectivity index (χ1n) is 10.3. The number of piperidine rings is 1. The van der Waals surface area contributed by atoms with Crippen LogP contribution in [0.15, 0.2) is 42.5 Å². The lowest BCUT2D eigenvalue weighted by atomic mass is 9.86. The molecule has 1 aliphatic heterocycles. The smallest absolute Gasteiger partial charge is 0.274 e. The summed E-state index contributed by atoms with van der Waals surface area (Å²) in [6.45, 7) is 7.93. The number of nitrogens with zero attached hydrogens (tertiary/aromatic N) is 2. The molecular formula is C24H28N2O3S. The molecule has 6 heteroatoms. The third kappa shape index (κ3) is 4.43. The number of hydrogen-bond donors (Lipinski definition) is 0. The predicted molar refractivity (Wildman–Crippen MR) is 121 cm³/mol. The molecule has 4 rings (SSSR count). The first-order valence-corrected chi connectivity index (χ1v) is 11.2. The minimum absolute atomic E-state index is 0.0831. The van der Waals surface area contributed by atoms with Gasteiger partial charge >= 0.3 is 0 Å². The van der Waals surface area contributed by atoms with Crippen LogP contribution < -0.4 is 9.47 Å². The minimum atomic E-state index is 0.0831. The zero-order valence-electron chi connectivity index (χ0n) is 18.0. The zero-order valence-corrected chi connectivity index (χ0v) is 18.8. The monoisotopic (exact) mass is 424 g/mol. The van der Waals surface area contributed by atoms with E-state index in [1.165, 1.54) is 16.9 Å². The molecule has 0 aliphatic carbocycles. The van der Waals surface area contributed by atoms with Gasteiger partial charge in [-0.05, 0) is 41.3 Å². The van der Waals surface area contributed by atoms with Crippen LogP contribution in [0.3, 0.4) is 0 Å². The van der Waals surface area contributed by atoms with Gasteiger partial charge in [0, 0.05) is 31.5 Å². The highest BCUT2D eigenvalue weighted by molar-refractivity contribution is 7.20. The maximum Gasteiger partial charge on any atom is 0.274 e. The number of thiazole rings is 1. The molecule has 3 aromatic rings. The average molecular weight is 425 g/mol. The predicted octanol–water partition coefficient (Wildman–Crippen LogP) is 5.29. The number of aromatic nitrogens is 1. The summed E-state index contributed by atoms with van der Waals surface area (Å²) in [6.07, 6.45) is 1.70. The number of fused-ring (bicyclic) bond motifs is 1. The zero-order chi connectivity index (χ0) is 21.3. The Kier molecular flexibility index (Phi) is 5.69. The van der Waals surface area contributed by atoms with Crippen molar-refractivity contribution in [2.75, 3.05) is 20.2 Å². The standard InChI is InChI=1S/C24H28N2O3S/c1-24(2,3)17-7-5-16(6-8-17)22(27)26-13-11-18(12-14-26)29-23-25-20-10-9-19(28-4)15-21(20)30-23/h5-10,15,18H,11-14H2,1-4H3. The Labute approximate surface area is 181 Å². The summed E-state index contributed by atoms with van der Waals surface area (Å²) in [6, 6.07) is 13.8. The Bertz CT molecular complexity index is 1030. The van der Waals surface area contributed by atoms with E-state index < -0.39 is 0 Å². The Morgan fingerprint density at radius 2 is 1.80 bits per heavy atom. The van der Waals surface area contributed by atoms with Gasteiger partial charge in [-0.3, -0.25) is 4.79 Å². The van der Waals surface area contributed by atoms with Crippen LogP contribution >= 0.6 is 11.3 Å². The second-order valence-corrected chi connectivity index (χ2v) is 9.74. The molecule has 30 heavy (non-hydrogen) atoms. The third-order valence-electron chi connectivity index (χ3n) is 5.57. The third-order valence-corrected chi connectivity index (χ3v) is 6.48. The lowest BCUT2D eigenvalue weighted by Crippen LogP contribution is -2.41. The van der Waals surface area contributed by atoms with E-state index in [-0.39, 0.29) is 17.4 Å². The summed E-state index contributed by atoms with van der Waals surface area (Å²) in [5, 5.41) is 0.681. The molecule has 158 valence electrons. The van der Waals surface area contributed by atoms with Crippen molar-refractivity contribution in [2.45, 2.75) is 45.1 Å². The van der Waals surface area contributed by atoms with Gasteiger partial charge in [0.05, 0.1) is 17.3 Å². The number of hydrogen-bond acceptors (Lipinski definition) is 5. The van der Waals surface area contributed by atoms with Gasteiger partial charge in [-0.1, -0.05) is 44.2 Å². The van der Waals surface area contributed by atoms with Crippen molar-refractivity contribution in [3.63, 3.8) is 0 Å². The van der Waals surface area contributed by atoms with Crippen LogP contribution in [-0.2, 0) is 5.41 Å². The molecule has 1 fully saturated rings. The van der Waals surface area contributed by atoms with Crippen molar-refractivity contribution in [1.82, 2.24) is 9.88 Å². The molecule has 0 spiro atoms. The van der Waals surface area contributed by atoms with Crippen LogP contribution in [0.5, 0.6) is 10.9 Å². The first kappa shape index (κ1) is 20.7. The van der Waals surface area contributed by atoms with E-state index >= 15 is 0 Å². The van der Waals surface area contributed by atoms with Gasteiger partial charge < -0.3 is 14.4 Å². The number of methoxy groups -OCH3 is 1. The van der Waals surface area contributed by atoms with E-state index in [9.17, 15) is 4.79 Å². The minimum Gasteiger partial charge on any atom is -0.497 e. The Hall–Kier alpha value is -2.60. The first-order chi connectivity index (χ1) is 14.3.